The Kier molecular flexibility index (Phi) is 3.45. The monoisotopic (exact) mass is 183 g/mol. The van der Waals surface area contributed by atoms with Crippen LogP contribution in [0.25, 0.3) is 0 Å². The molecule has 0 unspecified atom stereocenters. The van der Waals surface area contributed by atoms with Crippen LogP contribution in [0.3, 0.4) is 0 Å². The minimum Gasteiger partial charge on any atom is -0.468 e. The van der Waals surface area contributed by atoms with E-state index in [1.165, 1.54) is 7.11 Å². The molecular weight excluding hydrogens is 170 g/mol. The largest absolute Gasteiger partial charge is 0.468 e. The first-order valence-corrected chi connectivity index (χ1v) is 4.02. The standard InChI is InChI=1S/C8H13N3O2/c1-6(8(12)13-2)10-4-7-3-9-5-11-7/h3,5-6,10H,4H2,1-2H3,(H,9,11)/t6-/m0/s1. The summed E-state index contributed by atoms with van der Waals surface area (Å²) in [6.07, 6.45) is 3.30. The van der Waals surface area contributed by atoms with Gasteiger partial charge in [-0.3, -0.25) is 10.1 Å². The Morgan fingerprint density at radius 3 is 3.15 bits per heavy atom. The van der Waals surface area contributed by atoms with Crippen molar-refractivity contribution in [2.75, 3.05) is 7.11 Å². The van der Waals surface area contributed by atoms with Crippen molar-refractivity contribution in [2.24, 2.45) is 0 Å². The van der Waals surface area contributed by atoms with Crippen LogP contribution in [-0.4, -0.2) is 29.1 Å². The summed E-state index contributed by atoms with van der Waals surface area (Å²) in [4.78, 5) is 17.7. The van der Waals surface area contributed by atoms with E-state index in [1.807, 2.05) is 0 Å². The maximum absolute atomic E-state index is 11.0. The molecule has 0 bridgehead atoms. The van der Waals surface area contributed by atoms with Gasteiger partial charge in [0.05, 0.1) is 13.4 Å². The molecule has 5 heteroatoms. The van der Waals surface area contributed by atoms with E-state index >= 15 is 0 Å². The summed E-state index contributed by atoms with van der Waals surface area (Å²) in [5, 5.41) is 2.99. The first kappa shape index (κ1) is 9.73. The van der Waals surface area contributed by atoms with E-state index in [1.54, 1.807) is 19.4 Å². The smallest absolute Gasteiger partial charge is 0.322 e. The number of nitrogens with one attached hydrogen (secondary N) is 2. The molecule has 1 heterocycles. The summed E-state index contributed by atoms with van der Waals surface area (Å²) in [6.45, 7) is 2.33. The lowest BCUT2D eigenvalue weighted by atomic mass is 10.3. The molecule has 0 saturated carbocycles. The Hall–Kier alpha value is -1.36. The number of rotatable bonds is 4. The van der Waals surface area contributed by atoms with Crippen LogP contribution in [0.1, 0.15) is 12.6 Å². The maximum atomic E-state index is 11.0. The Labute approximate surface area is 76.5 Å². The van der Waals surface area contributed by atoms with Gasteiger partial charge in [-0.2, -0.15) is 0 Å². The fourth-order valence-electron chi connectivity index (χ4n) is 0.905. The number of carbonyl (C=O) groups is 1. The molecule has 1 aromatic heterocycles. The number of ether oxygens (including phenoxy) is 1. The van der Waals surface area contributed by atoms with Crippen molar-refractivity contribution in [1.29, 1.82) is 0 Å². The van der Waals surface area contributed by atoms with Gasteiger partial charge in [-0.25, -0.2) is 4.98 Å². The van der Waals surface area contributed by atoms with E-state index in [0.29, 0.717) is 6.54 Å². The zero-order valence-electron chi connectivity index (χ0n) is 7.70. The number of imidazole rings is 1. The first-order chi connectivity index (χ1) is 6.24. The lowest BCUT2D eigenvalue weighted by Crippen LogP contribution is -2.34. The van der Waals surface area contributed by atoms with Gasteiger partial charge in [0.25, 0.3) is 0 Å². The third kappa shape index (κ3) is 2.87. The number of esters is 1. The highest BCUT2D eigenvalue weighted by atomic mass is 16.5. The molecule has 0 aliphatic heterocycles. The van der Waals surface area contributed by atoms with Gasteiger partial charge in [0, 0.05) is 18.4 Å². The van der Waals surface area contributed by atoms with Crippen LogP contribution < -0.4 is 5.32 Å². The van der Waals surface area contributed by atoms with Gasteiger partial charge in [-0.1, -0.05) is 0 Å². The van der Waals surface area contributed by atoms with Crippen molar-refractivity contribution in [3.05, 3.63) is 18.2 Å². The van der Waals surface area contributed by atoms with E-state index < -0.39 is 0 Å². The summed E-state index contributed by atoms with van der Waals surface area (Å²) in [5.41, 5.74) is 0.941. The molecule has 13 heavy (non-hydrogen) atoms. The molecule has 1 rings (SSSR count). The van der Waals surface area contributed by atoms with Crippen molar-refractivity contribution in [3.63, 3.8) is 0 Å². The average Bonchev–Trinajstić information content (AvgIpc) is 2.65. The van der Waals surface area contributed by atoms with Crippen molar-refractivity contribution in [3.8, 4) is 0 Å². The summed E-state index contributed by atoms with van der Waals surface area (Å²) in [5.74, 6) is -0.264. The molecule has 0 radical (unpaired) electrons. The van der Waals surface area contributed by atoms with Gasteiger partial charge in [0.1, 0.15) is 6.04 Å². The number of methoxy groups -OCH3 is 1. The molecular formula is C8H13N3O2. The lowest BCUT2D eigenvalue weighted by Gasteiger charge is -2.09. The van der Waals surface area contributed by atoms with Crippen molar-refractivity contribution in [2.45, 2.75) is 19.5 Å². The SMILES string of the molecule is COC(=O)[C@H](C)NCc1cnc[nH]1. The Bertz CT molecular complexity index is 258. The van der Waals surface area contributed by atoms with Gasteiger partial charge in [0.2, 0.25) is 0 Å². The van der Waals surface area contributed by atoms with Crippen LogP contribution in [0.4, 0.5) is 0 Å². The molecule has 0 saturated heterocycles. The number of aromatic nitrogens is 2. The van der Waals surface area contributed by atoms with Crippen molar-refractivity contribution < 1.29 is 9.53 Å². The van der Waals surface area contributed by atoms with E-state index in [0.717, 1.165) is 5.69 Å². The summed E-state index contributed by atoms with van der Waals surface area (Å²) < 4.78 is 4.55. The molecule has 0 fully saturated rings. The Balaban J connectivity index is 2.30. The minimum absolute atomic E-state index is 0.264. The molecule has 5 nitrogen and oxygen atoms in total. The van der Waals surface area contributed by atoms with Crippen molar-refractivity contribution >= 4 is 5.97 Å². The summed E-state index contributed by atoms with van der Waals surface area (Å²) in [7, 11) is 1.37. The molecule has 1 atom stereocenters. The number of hydrogen-bond donors (Lipinski definition) is 2. The third-order valence-corrected chi connectivity index (χ3v) is 1.71. The normalized spacial score (nSPS) is 12.5. The van der Waals surface area contributed by atoms with Crippen LogP contribution in [0, 0.1) is 0 Å². The topological polar surface area (TPSA) is 67.0 Å². The van der Waals surface area contributed by atoms with Crippen LogP contribution in [0.2, 0.25) is 0 Å². The Morgan fingerprint density at radius 1 is 1.85 bits per heavy atom. The van der Waals surface area contributed by atoms with E-state index in [-0.39, 0.29) is 12.0 Å². The molecule has 0 aliphatic rings. The third-order valence-electron chi connectivity index (χ3n) is 1.71. The second kappa shape index (κ2) is 4.61. The first-order valence-electron chi connectivity index (χ1n) is 4.02. The van der Waals surface area contributed by atoms with Gasteiger partial charge >= 0.3 is 5.97 Å². The van der Waals surface area contributed by atoms with Crippen LogP contribution in [-0.2, 0) is 16.1 Å². The highest BCUT2D eigenvalue weighted by Gasteiger charge is 2.11. The highest BCUT2D eigenvalue weighted by molar-refractivity contribution is 5.74. The zero-order valence-corrected chi connectivity index (χ0v) is 7.70. The number of H-pyrrole nitrogens is 1. The number of carbonyl (C=O) groups excluding carboxylic acids is 1. The van der Waals surface area contributed by atoms with E-state index in [2.05, 4.69) is 20.0 Å². The van der Waals surface area contributed by atoms with E-state index in [4.69, 9.17) is 0 Å². The highest BCUT2D eigenvalue weighted by Crippen LogP contribution is 1.92. The second-order valence-corrected chi connectivity index (χ2v) is 2.70. The maximum Gasteiger partial charge on any atom is 0.322 e. The summed E-state index contributed by atoms with van der Waals surface area (Å²) in [6, 6.07) is -0.298. The van der Waals surface area contributed by atoms with E-state index in [9.17, 15) is 4.79 Å². The molecule has 0 spiro atoms. The average molecular weight is 183 g/mol. The molecule has 0 aromatic carbocycles. The van der Waals surface area contributed by atoms with Gasteiger partial charge in [-0.15, -0.1) is 0 Å². The molecule has 0 aliphatic carbocycles. The van der Waals surface area contributed by atoms with Gasteiger partial charge in [0.15, 0.2) is 0 Å². The zero-order chi connectivity index (χ0) is 9.68. The summed E-state index contributed by atoms with van der Waals surface area (Å²) >= 11 is 0. The minimum atomic E-state index is -0.298. The molecule has 1 aromatic rings. The van der Waals surface area contributed by atoms with Gasteiger partial charge < -0.3 is 9.72 Å². The van der Waals surface area contributed by atoms with Gasteiger partial charge in [-0.05, 0) is 6.92 Å². The van der Waals surface area contributed by atoms with Crippen molar-refractivity contribution in [1.82, 2.24) is 15.3 Å². The predicted octanol–water partition coefficient (Wildman–Crippen LogP) is 0.0608. The fraction of sp³-hybridized carbons (Fsp3) is 0.500. The molecule has 0 amide bonds. The van der Waals surface area contributed by atoms with Crippen LogP contribution >= 0.6 is 0 Å². The number of nitrogens with zero attached hydrogens (tertiary/aromatic N) is 1. The predicted molar refractivity (Wildman–Crippen MR) is 46.9 cm³/mol. The molecule has 72 valence electrons. The lowest BCUT2D eigenvalue weighted by molar-refractivity contribution is -0.142. The van der Waals surface area contributed by atoms with Crippen LogP contribution in [0.5, 0.6) is 0 Å². The molecule has 2 N–H and O–H groups in total. The van der Waals surface area contributed by atoms with Crippen LogP contribution in [0.15, 0.2) is 12.5 Å². The number of aromatic amines is 1. The quantitative estimate of drug-likeness (QED) is 0.648. The Morgan fingerprint density at radius 2 is 2.62 bits per heavy atom. The fourth-order valence-corrected chi connectivity index (χ4v) is 0.905. The number of hydrogen-bond acceptors (Lipinski definition) is 4. The second-order valence-electron chi connectivity index (χ2n) is 2.70.